The van der Waals surface area contributed by atoms with Crippen molar-refractivity contribution >= 4 is 16.1 Å². The molecule has 1 heterocycles. The van der Waals surface area contributed by atoms with Crippen molar-refractivity contribution in [3.8, 4) is 0 Å². The van der Waals surface area contributed by atoms with Gasteiger partial charge in [-0.2, -0.15) is 4.31 Å². The number of piperidine rings is 1. The Bertz CT molecular complexity index is 671. The monoisotopic (exact) mass is 367 g/mol. The van der Waals surface area contributed by atoms with E-state index >= 15 is 0 Å². The van der Waals surface area contributed by atoms with E-state index in [1.54, 1.807) is 16.4 Å². The summed E-state index contributed by atoms with van der Waals surface area (Å²) in [5.41, 5.74) is 1.04. The van der Waals surface area contributed by atoms with Gasteiger partial charge in [0.1, 0.15) is 0 Å². The van der Waals surface area contributed by atoms with Gasteiger partial charge in [-0.1, -0.05) is 24.1 Å². The number of amides is 2. The van der Waals surface area contributed by atoms with Gasteiger partial charge >= 0.3 is 6.03 Å². The van der Waals surface area contributed by atoms with Gasteiger partial charge in [-0.15, -0.1) is 0 Å². The smallest absolute Gasteiger partial charge is 0.314 e. The third-order valence-electron chi connectivity index (χ3n) is 4.38. The molecule has 1 unspecified atom stereocenters. The van der Waals surface area contributed by atoms with E-state index in [9.17, 15) is 13.2 Å². The minimum Gasteiger partial charge on any atom is -0.338 e. The Morgan fingerprint density at radius 2 is 1.92 bits per heavy atom. The zero-order valence-electron chi connectivity index (χ0n) is 15.3. The third-order valence-corrected chi connectivity index (χ3v) is 6.35. The number of aryl methyl sites for hydroxylation is 1. The van der Waals surface area contributed by atoms with Crippen molar-refractivity contribution in [3.63, 3.8) is 0 Å². The summed E-state index contributed by atoms with van der Waals surface area (Å²) in [7, 11) is -3.49. The lowest BCUT2D eigenvalue weighted by Gasteiger charge is -2.34. The average Bonchev–Trinajstić information content (AvgIpc) is 2.55. The van der Waals surface area contributed by atoms with Crippen LogP contribution in [0.3, 0.4) is 0 Å². The Balaban J connectivity index is 2.02. The minimum absolute atomic E-state index is 0.0700. The van der Waals surface area contributed by atoms with Gasteiger partial charge in [-0.25, -0.2) is 13.2 Å². The molecule has 0 saturated carbocycles. The van der Waals surface area contributed by atoms with Crippen LogP contribution in [0, 0.1) is 6.92 Å². The summed E-state index contributed by atoms with van der Waals surface area (Å²) in [5.74, 6) is 0. The summed E-state index contributed by atoms with van der Waals surface area (Å²) in [5, 5.41) is 5.58. The Morgan fingerprint density at radius 3 is 2.56 bits per heavy atom. The second-order valence-electron chi connectivity index (χ2n) is 6.92. The van der Waals surface area contributed by atoms with Crippen molar-refractivity contribution in [2.45, 2.75) is 63.4 Å². The number of sulfonamides is 1. The summed E-state index contributed by atoms with van der Waals surface area (Å²) < 4.78 is 27.6. The fourth-order valence-electron chi connectivity index (χ4n) is 3.09. The molecule has 1 fully saturated rings. The number of hydrogen-bond donors (Lipinski definition) is 2. The molecular weight excluding hydrogens is 338 g/mol. The van der Waals surface area contributed by atoms with Gasteiger partial charge in [0.15, 0.2) is 0 Å². The van der Waals surface area contributed by atoms with Gasteiger partial charge in [0.2, 0.25) is 10.0 Å². The van der Waals surface area contributed by atoms with Crippen LogP contribution in [0.4, 0.5) is 4.79 Å². The van der Waals surface area contributed by atoms with Crippen LogP contribution in [-0.2, 0) is 10.0 Å². The number of benzene rings is 1. The molecule has 0 spiro atoms. The predicted molar refractivity (Wildman–Crippen MR) is 99.0 cm³/mol. The van der Waals surface area contributed by atoms with E-state index in [0.717, 1.165) is 24.8 Å². The Labute approximate surface area is 151 Å². The van der Waals surface area contributed by atoms with Crippen LogP contribution in [0.1, 0.15) is 45.1 Å². The zero-order chi connectivity index (χ0) is 18.4. The molecule has 2 rings (SSSR count). The second-order valence-corrected chi connectivity index (χ2v) is 8.81. The topological polar surface area (TPSA) is 78.5 Å². The van der Waals surface area contributed by atoms with E-state index < -0.39 is 10.0 Å². The number of carbonyl (C=O) groups is 1. The van der Waals surface area contributed by atoms with Crippen LogP contribution in [-0.4, -0.2) is 43.9 Å². The van der Waals surface area contributed by atoms with Crippen LogP contribution < -0.4 is 10.6 Å². The molecule has 7 heteroatoms. The van der Waals surface area contributed by atoms with Crippen LogP contribution in [0.15, 0.2) is 29.2 Å². The third kappa shape index (κ3) is 5.44. The lowest BCUT2D eigenvalue weighted by atomic mass is 10.0. The molecule has 0 radical (unpaired) electrons. The molecule has 25 heavy (non-hydrogen) atoms. The van der Waals surface area contributed by atoms with E-state index in [-0.39, 0.29) is 18.1 Å². The molecule has 2 N–H and O–H groups in total. The van der Waals surface area contributed by atoms with Gasteiger partial charge in [0.25, 0.3) is 0 Å². The van der Waals surface area contributed by atoms with Gasteiger partial charge < -0.3 is 10.6 Å². The standard InChI is InChI=1S/C18H29N3O3S/c1-14(2)20-18(22)19-12-11-16-6-4-5-13-21(16)25(23,24)17-9-7-15(3)8-10-17/h7-10,14,16H,4-6,11-13H2,1-3H3,(H2,19,20,22). The van der Waals surface area contributed by atoms with Crippen molar-refractivity contribution < 1.29 is 13.2 Å². The molecule has 2 amide bonds. The first kappa shape index (κ1) is 19.7. The summed E-state index contributed by atoms with van der Waals surface area (Å²) >= 11 is 0. The first-order valence-corrected chi connectivity index (χ1v) is 10.4. The molecule has 1 saturated heterocycles. The highest BCUT2D eigenvalue weighted by Crippen LogP contribution is 2.27. The summed E-state index contributed by atoms with van der Waals surface area (Å²) in [6, 6.07) is 6.79. The molecule has 0 aliphatic carbocycles. The largest absolute Gasteiger partial charge is 0.338 e. The molecule has 1 aliphatic rings. The van der Waals surface area contributed by atoms with Crippen molar-refractivity contribution in [2.24, 2.45) is 0 Å². The zero-order valence-corrected chi connectivity index (χ0v) is 16.1. The molecule has 1 aliphatic heterocycles. The first-order valence-electron chi connectivity index (χ1n) is 8.93. The number of hydrogen-bond acceptors (Lipinski definition) is 3. The van der Waals surface area contributed by atoms with E-state index in [1.807, 2.05) is 32.9 Å². The SMILES string of the molecule is Cc1ccc(S(=O)(=O)N2CCCCC2CCNC(=O)NC(C)C)cc1. The van der Waals surface area contributed by atoms with Crippen LogP contribution in [0.25, 0.3) is 0 Å². The van der Waals surface area contributed by atoms with Crippen LogP contribution in [0.2, 0.25) is 0 Å². The van der Waals surface area contributed by atoms with Gasteiger partial charge in [0, 0.05) is 25.2 Å². The summed E-state index contributed by atoms with van der Waals surface area (Å²) in [6.07, 6.45) is 3.35. The molecule has 0 aromatic heterocycles. The number of nitrogens with one attached hydrogen (secondary N) is 2. The van der Waals surface area contributed by atoms with E-state index in [0.29, 0.717) is 24.4 Å². The average molecular weight is 368 g/mol. The highest BCUT2D eigenvalue weighted by Gasteiger charge is 2.33. The fraction of sp³-hybridized carbons (Fsp3) is 0.611. The van der Waals surface area contributed by atoms with Crippen molar-refractivity contribution in [2.75, 3.05) is 13.1 Å². The number of carbonyl (C=O) groups excluding carboxylic acids is 1. The lowest BCUT2D eigenvalue weighted by Crippen LogP contribution is -2.46. The Kier molecular flexibility index (Phi) is 6.84. The number of nitrogens with zero attached hydrogens (tertiary/aromatic N) is 1. The number of urea groups is 1. The van der Waals surface area contributed by atoms with Crippen LogP contribution >= 0.6 is 0 Å². The lowest BCUT2D eigenvalue weighted by molar-refractivity contribution is 0.227. The van der Waals surface area contributed by atoms with Crippen LogP contribution in [0.5, 0.6) is 0 Å². The molecular formula is C18H29N3O3S. The Hall–Kier alpha value is -1.60. The van der Waals surface area contributed by atoms with E-state index in [2.05, 4.69) is 10.6 Å². The molecule has 1 aromatic rings. The summed E-state index contributed by atoms with van der Waals surface area (Å²) in [4.78, 5) is 12.0. The molecule has 140 valence electrons. The van der Waals surface area contributed by atoms with Gasteiger partial charge in [0.05, 0.1) is 4.90 Å². The molecule has 0 bridgehead atoms. The maximum absolute atomic E-state index is 13.0. The second kappa shape index (κ2) is 8.67. The summed E-state index contributed by atoms with van der Waals surface area (Å²) in [6.45, 7) is 6.74. The highest BCUT2D eigenvalue weighted by atomic mass is 32.2. The molecule has 6 nitrogen and oxygen atoms in total. The van der Waals surface area contributed by atoms with Crippen molar-refractivity contribution in [1.29, 1.82) is 0 Å². The van der Waals surface area contributed by atoms with Gasteiger partial charge in [-0.05, 0) is 52.2 Å². The minimum atomic E-state index is -3.49. The number of rotatable bonds is 6. The highest BCUT2D eigenvalue weighted by molar-refractivity contribution is 7.89. The van der Waals surface area contributed by atoms with Gasteiger partial charge in [-0.3, -0.25) is 0 Å². The van der Waals surface area contributed by atoms with Crippen molar-refractivity contribution in [3.05, 3.63) is 29.8 Å². The van der Waals surface area contributed by atoms with E-state index in [1.165, 1.54) is 0 Å². The normalized spacial score (nSPS) is 19.0. The predicted octanol–water partition coefficient (Wildman–Crippen LogP) is 2.64. The van der Waals surface area contributed by atoms with E-state index in [4.69, 9.17) is 0 Å². The maximum Gasteiger partial charge on any atom is 0.314 e. The quantitative estimate of drug-likeness (QED) is 0.811. The molecule has 1 atom stereocenters. The maximum atomic E-state index is 13.0. The fourth-order valence-corrected chi connectivity index (χ4v) is 4.81. The van der Waals surface area contributed by atoms with Crippen molar-refractivity contribution in [1.82, 2.24) is 14.9 Å². The first-order chi connectivity index (χ1) is 11.8. The molecule has 1 aromatic carbocycles. The Morgan fingerprint density at radius 1 is 1.24 bits per heavy atom.